The van der Waals surface area contributed by atoms with E-state index in [0.29, 0.717) is 11.5 Å². The molecule has 59 heavy (non-hydrogen) atoms. The van der Waals surface area contributed by atoms with E-state index in [4.69, 9.17) is 14.4 Å². The molecule has 2 aromatic heterocycles. The van der Waals surface area contributed by atoms with Gasteiger partial charge in [-0.1, -0.05) is 176 Å². The monoisotopic (exact) mass is 752 g/mol. The molecule has 11 aromatic rings. The fourth-order valence-electron chi connectivity index (χ4n) is 8.38. The maximum absolute atomic E-state index is 6.43. The molecule has 11 rings (SSSR count). The first-order valence-electron chi connectivity index (χ1n) is 20.0. The lowest BCUT2D eigenvalue weighted by Crippen LogP contribution is -1.94. The van der Waals surface area contributed by atoms with Crippen LogP contribution in [0.3, 0.4) is 0 Å². The van der Waals surface area contributed by atoms with E-state index < -0.39 is 0 Å². The van der Waals surface area contributed by atoms with Gasteiger partial charge in [0.25, 0.3) is 0 Å². The van der Waals surface area contributed by atoms with Crippen LogP contribution in [-0.2, 0) is 0 Å². The number of benzene rings is 9. The fourth-order valence-corrected chi connectivity index (χ4v) is 8.38. The Hall–Kier alpha value is -7.88. The van der Waals surface area contributed by atoms with Crippen LogP contribution in [0.1, 0.15) is 0 Å². The zero-order chi connectivity index (χ0) is 39.1. The minimum absolute atomic E-state index is 0.573. The van der Waals surface area contributed by atoms with Gasteiger partial charge in [-0.15, -0.1) is 0 Å². The molecule has 0 fully saturated rings. The molecule has 276 valence electrons. The Morgan fingerprint density at radius 1 is 0.305 bits per heavy atom. The summed E-state index contributed by atoms with van der Waals surface area (Å²) in [5.41, 5.74) is 15.7. The number of aromatic nitrogens is 2. The minimum Gasteiger partial charge on any atom is -0.438 e. The van der Waals surface area contributed by atoms with Crippen molar-refractivity contribution in [3.05, 3.63) is 218 Å². The maximum Gasteiger partial charge on any atom is 0.231 e. The molecule has 0 saturated heterocycles. The summed E-state index contributed by atoms with van der Waals surface area (Å²) in [6.45, 7) is 0. The van der Waals surface area contributed by atoms with Crippen molar-refractivity contribution in [3.63, 3.8) is 0 Å². The Kier molecular flexibility index (Phi) is 8.49. The molecule has 2 heterocycles. The summed E-state index contributed by atoms with van der Waals surface area (Å²) in [4.78, 5) is 10.4. The third kappa shape index (κ3) is 6.45. The topological polar surface area (TPSA) is 38.9 Å². The van der Waals surface area contributed by atoms with Crippen molar-refractivity contribution in [1.82, 2.24) is 9.97 Å². The van der Waals surface area contributed by atoms with Crippen LogP contribution < -0.4 is 0 Å². The average molecular weight is 753 g/mol. The molecule has 0 unspecified atom stereocenters. The Morgan fingerprint density at radius 2 is 0.763 bits per heavy atom. The van der Waals surface area contributed by atoms with Crippen LogP contribution in [0.25, 0.3) is 111 Å². The highest BCUT2D eigenvalue weighted by Gasteiger charge is 2.19. The van der Waals surface area contributed by atoms with Crippen LogP contribution in [-0.4, -0.2) is 9.97 Å². The second-order valence-corrected chi connectivity index (χ2v) is 15.0. The Morgan fingerprint density at radius 3 is 1.51 bits per heavy atom. The van der Waals surface area contributed by atoms with E-state index >= 15 is 0 Å². The molecule has 0 aliphatic carbocycles. The molecule has 0 aliphatic rings. The van der Waals surface area contributed by atoms with Crippen molar-refractivity contribution >= 4 is 32.8 Å². The molecule has 0 bridgehead atoms. The summed E-state index contributed by atoms with van der Waals surface area (Å²) in [7, 11) is 0. The van der Waals surface area contributed by atoms with Crippen LogP contribution in [0.15, 0.2) is 223 Å². The van der Waals surface area contributed by atoms with E-state index in [0.717, 1.165) is 66.6 Å². The normalized spacial score (nSPS) is 11.4. The van der Waals surface area contributed by atoms with Gasteiger partial charge in [0.15, 0.2) is 5.82 Å². The summed E-state index contributed by atoms with van der Waals surface area (Å²) in [5, 5.41) is 4.39. The van der Waals surface area contributed by atoms with Crippen LogP contribution in [0.4, 0.5) is 0 Å². The van der Waals surface area contributed by atoms with Crippen molar-refractivity contribution in [1.29, 1.82) is 0 Å². The predicted octanol–water partition coefficient (Wildman–Crippen LogP) is 15.2. The molecule has 0 amide bonds. The standard InChI is InChI=1S/C56H36N2O/c1-3-15-37(16-4-1)40-21-12-25-44(32-40)54-53-51-28-9-10-30-52(51)59-56(53)58-55(57-54)45-26-13-23-42(33-45)41-22-11-24-43(31-41)47-34-46(38-17-5-2-6-18-38)35-48(36-47)50-29-14-20-39-19-7-8-27-49(39)50/h1-36H. The fraction of sp³-hybridized carbons (Fsp3) is 0. The van der Waals surface area contributed by atoms with E-state index in [-0.39, 0.29) is 0 Å². The van der Waals surface area contributed by atoms with E-state index in [1.165, 1.54) is 33.0 Å². The van der Waals surface area contributed by atoms with Crippen molar-refractivity contribution in [2.45, 2.75) is 0 Å². The molecule has 0 spiro atoms. The first-order chi connectivity index (χ1) is 29.2. The van der Waals surface area contributed by atoms with Gasteiger partial charge in [-0.25, -0.2) is 4.98 Å². The first kappa shape index (κ1) is 34.4. The van der Waals surface area contributed by atoms with Crippen LogP contribution >= 0.6 is 0 Å². The summed E-state index contributed by atoms with van der Waals surface area (Å²) >= 11 is 0. The van der Waals surface area contributed by atoms with Crippen molar-refractivity contribution < 1.29 is 4.42 Å². The van der Waals surface area contributed by atoms with Gasteiger partial charge < -0.3 is 4.42 Å². The molecule has 9 aromatic carbocycles. The summed E-state index contributed by atoms with van der Waals surface area (Å²) in [6.07, 6.45) is 0. The predicted molar refractivity (Wildman–Crippen MR) is 245 cm³/mol. The highest BCUT2D eigenvalue weighted by molar-refractivity contribution is 6.10. The van der Waals surface area contributed by atoms with E-state index in [1.54, 1.807) is 0 Å². The number of nitrogens with zero attached hydrogens (tertiary/aromatic N) is 2. The molecule has 0 saturated carbocycles. The van der Waals surface area contributed by atoms with Gasteiger partial charge >= 0.3 is 0 Å². The number of hydrogen-bond acceptors (Lipinski definition) is 3. The second-order valence-electron chi connectivity index (χ2n) is 15.0. The molecule has 0 N–H and O–H groups in total. The third-order valence-corrected chi connectivity index (χ3v) is 11.3. The number of furan rings is 1. The Bertz CT molecular complexity index is 3320. The molecule has 0 radical (unpaired) electrons. The number of hydrogen-bond donors (Lipinski definition) is 0. The third-order valence-electron chi connectivity index (χ3n) is 11.3. The van der Waals surface area contributed by atoms with Gasteiger partial charge in [-0.05, 0) is 109 Å². The Balaban J connectivity index is 1.02. The molecule has 0 aliphatic heterocycles. The number of para-hydroxylation sites is 1. The minimum atomic E-state index is 0.573. The van der Waals surface area contributed by atoms with Crippen LogP contribution in [0.5, 0.6) is 0 Å². The highest BCUT2D eigenvalue weighted by atomic mass is 16.3. The van der Waals surface area contributed by atoms with Gasteiger partial charge in [0.05, 0.1) is 11.1 Å². The lowest BCUT2D eigenvalue weighted by Gasteiger charge is -2.14. The smallest absolute Gasteiger partial charge is 0.231 e. The molecule has 0 atom stereocenters. The summed E-state index contributed by atoms with van der Waals surface area (Å²) < 4.78 is 6.43. The number of rotatable bonds is 7. The SMILES string of the molecule is c1ccc(-c2cc(-c3cccc(-c4cccc(-c5nc(-c6cccc(-c7ccccc7)c6)c6c(n5)oc5ccccc56)c4)c3)cc(-c3cccc4ccccc34)c2)cc1. The summed E-state index contributed by atoms with van der Waals surface area (Å²) in [5.74, 6) is 0.616. The average Bonchev–Trinajstić information content (AvgIpc) is 3.70. The molecule has 3 heteroatoms. The van der Waals surface area contributed by atoms with Gasteiger partial charge in [-0.2, -0.15) is 4.98 Å². The van der Waals surface area contributed by atoms with Crippen molar-refractivity contribution in [3.8, 4) is 78.3 Å². The van der Waals surface area contributed by atoms with E-state index in [1.807, 2.05) is 24.3 Å². The van der Waals surface area contributed by atoms with Gasteiger partial charge in [0.2, 0.25) is 5.71 Å². The molecule has 3 nitrogen and oxygen atoms in total. The molecular formula is C56H36N2O. The van der Waals surface area contributed by atoms with Crippen molar-refractivity contribution in [2.75, 3.05) is 0 Å². The maximum atomic E-state index is 6.43. The van der Waals surface area contributed by atoms with Crippen LogP contribution in [0.2, 0.25) is 0 Å². The van der Waals surface area contributed by atoms with Crippen molar-refractivity contribution in [2.24, 2.45) is 0 Å². The first-order valence-corrected chi connectivity index (χ1v) is 20.0. The summed E-state index contributed by atoms with van der Waals surface area (Å²) in [6, 6.07) is 77.3. The van der Waals surface area contributed by atoms with Gasteiger partial charge in [-0.3, -0.25) is 0 Å². The Labute approximate surface area is 342 Å². The van der Waals surface area contributed by atoms with Crippen LogP contribution in [0, 0.1) is 0 Å². The van der Waals surface area contributed by atoms with E-state index in [9.17, 15) is 0 Å². The van der Waals surface area contributed by atoms with Gasteiger partial charge in [0, 0.05) is 16.5 Å². The lowest BCUT2D eigenvalue weighted by molar-refractivity contribution is 0.653. The zero-order valence-electron chi connectivity index (χ0n) is 32.1. The molecular weight excluding hydrogens is 717 g/mol. The van der Waals surface area contributed by atoms with E-state index in [2.05, 4.69) is 194 Å². The lowest BCUT2D eigenvalue weighted by atomic mass is 9.90. The number of fused-ring (bicyclic) bond motifs is 4. The quantitative estimate of drug-likeness (QED) is 0.163. The zero-order valence-corrected chi connectivity index (χ0v) is 32.1. The largest absolute Gasteiger partial charge is 0.438 e. The highest BCUT2D eigenvalue weighted by Crippen LogP contribution is 2.40. The second kappa shape index (κ2) is 14.6. The van der Waals surface area contributed by atoms with Gasteiger partial charge in [0.1, 0.15) is 5.58 Å².